The molecule has 1 saturated heterocycles. The predicted molar refractivity (Wildman–Crippen MR) is 47.2 cm³/mol. The van der Waals surface area contributed by atoms with Gasteiger partial charge in [0.15, 0.2) is 0 Å². The molecule has 1 fully saturated rings. The van der Waals surface area contributed by atoms with Crippen LogP contribution < -0.4 is 0 Å². The van der Waals surface area contributed by atoms with Crippen molar-refractivity contribution in [1.82, 2.24) is 0 Å². The topological polar surface area (TPSA) is 9.23 Å². The molecular formula is C10H16O. The normalized spacial score (nSPS) is 35.5. The van der Waals surface area contributed by atoms with E-state index in [4.69, 9.17) is 4.74 Å². The number of hydrogen-bond donors (Lipinski definition) is 0. The van der Waals surface area contributed by atoms with Gasteiger partial charge in [0, 0.05) is 6.42 Å². The SMILES string of the molecule is C=C1C(C)C/C(=C\C)OC1C. The lowest BCUT2D eigenvalue weighted by Crippen LogP contribution is -2.22. The third-order valence-electron chi connectivity index (χ3n) is 2.31. The van der Waals surface area contributed by atoms with Gasteiger partial charge in [-0.25, -0.2) is 0 Å². The van der Waals surface area contributed by atoms with Gasteiger partial charge >= 0.3 is 0 Å². The summed E-state index contributed by atoms with van der Waals surface area (Å²) in [5, 5.41) is 0. The van der Waals surface area contributed by atoms with E-state index < -0.39 is 0 Å². The second-order valence-corrected chi connectivity index (χ2v) is 3.20. The molecule has 0 aromatic heterocycles. The molecular weight excluding hydrogens is 136 g/mol. The Bertz CT molecular complexity index is 175. The number of hydrogen-bond acceptors (Lipinski definition) is 1. The van der Waals surface area contributed by atoms with E-state index in [1.165, 1.54) is 5.57 Å². The zero-order chi connectivity index (χ0) is 8.43. The van der Waals surface area contributed by atoms with Crippen molar-refractivity contribution >= 4 is 0 Å². The van der Waals surface area contributed by atoms with Crippen LogP contribution in [0.2, 0.25) is 0 Å². The molecule has 0 radical (unpaired) electrons. The molecule has 1 aliphatic rings. The molecule has 1 nitrogen and oxygen atoms in total. The van der Waals surface area contributed by atoms with Crippen LogP contribution in [0, 0.1) is 5.92 Å². The van der Waals surface area contributed by atoms with Crippen LogP contribution in [0.3, 0.4) is 0 Å². The molecule has 1 rings (SSSR count). The van der Waals surface area contributed by atoms with E-state index in [1.807, 2.05) is 13.0 Å². The average molecular weight is 152 g/mol. The minimum atomic E-state index is 0.199. The zero-order valence-electron chi connectivity index (χ0n) is 7.55. The zero-order valence-corrected chi connectivity index (χ0v) is 7.55. The van der Waals surface area contributed by atoms with Gasteiger partial charge in [-0.3, -0.25) is 0 Å². The van der Waals surface area contributed by atoms with Crippen LogP contribution in [0.25, 0.3) is 0 Å². The first-order chi connectivity index (χ1) is 5.15. The van der Waals surface area contributed by atoms with Crippen molar-refractivity contribution < 1.29 is 4.74 Å². The molecule has 0 amide bonds. The minimum absolute atomic E-state index is 0.199. The molecule has 0 saturated carbocycles. The first kappa shape index (κ1) is 8.38. The molecule has 2 unspecified atom stereocenters. The van der Waals surface area contributed by atoms with Crippen molar-refractivity contribution in [2.24, 2.45) is 5.92 Å². The summed E-state index contributed by atoms with van der Waals surface area (Å²) in [6.45, 7) is 10.3. The third kappa shape index (κ3) is 1.65. The Balaban J connectivity index is 2.70. The highest BCUT2D eigenvalue weighted by molar-refractivity contribution is 5.14. The fraction of sp³-hybridized carbons (Fsp3) is 0.600. The Kier molecular flexibility index (Phi) is 2.38. The first-order valence-corrected chi connectivity index (χ1v) is 4.15. The summed E-state index contributed by atoms with van der Waals surface area (Å²) >= 11 is 0. The van der Waals surface area contributed by atoms with E-state index >= 15 is 0 Å². The fourth-order valence-corrected chi connectivity index (χ4v) is 1.37. The van der Waals surface area contributed by atoms with Crippen LogP contribution in [0.1, 0.15) is 27.2 Å². The van der Waals surface area contributed by atoms with E-state index in [0.717, 1.165) is 12.2 Å². The van der Waals surface area contributed by atoms with Gasteiger partial charge in [-0.2, -0.15) is 0 Å². The van der Waals surface area contributed by atoms with Crippen LogP contribution in [0.5, 0.6) is 0 Å². The lowest BCUT2D eigenvalue weighted by Gasteiger charge is -2.30. The maximum absolute atomic E-state index is 5.58. The minimum Gasteiger partial charge on any atom is -0.491 e. The van der Waals surface area contributed by atoms with E-state index in [9.17, 15) is 0 Å². The quantitative estimate of drug-likeness (QED) is 0.485. The summed E-state index contributed by atoms with van der Waals surface area (Å²) in [6, 6.07) is 0. The highest BCUT2D eigenvalue weighted by Crippen LogP contribution is 2.30. The molecule has 1 heteroatoms. The summed E-state index contributed by atoms with van der Waals surface area (Å²) in [5.74, 6) is 1.68. The number of ether oxygens (including phenoxy) is 1. The van der Waals surface area contributed by atoms with Crippen LogP contribution in [-0.4, -0.2) is 6.10 Å². The molecule has 11 heavy (non-hydrogen) atoms. The molecule has 0 spiro atoms. The van der Waals surface area contributed by atoms with Crippen molar-refractivity contribution in [2.75, 3.05) is 0 Å². The van der Waals surface area contributed by atoms with Crippen LogP contribution in [0.15, 0.2) is 24.0 Å². The number of rotatable bonds is 0. The maximum atomic E-state index is 5.58. The van der Waals surface area contributed by atoms with Crippen molar-refractivity contribution in [3.63, 3.8) is 0 Å². The second kappa shape index (κ2) is 3.12. The second-order valence-electron chi connectivity index (χ2n) is 3.20. The van der Waals surface area contributed by atoms with Gasteiger partial charge in [-0.15, -0.1) is 0 Å². The molecule has 0 aromatic carbocycles. The Morgan fingerprint density at radius 3 is 2.64 bits per heavy atom. The number of allylic oxidation sites excluding steroid dienone is 2. The fourth-order valence-electron chi connectivity index (χ4n) is 1.37. The summed E-state index contributed by atoms with van der Waals surface area (Å²) in [4.78, 5) is 0. The standard InChI is InChI=1S/C10H16O/c1-5-10-6-7(2)8(3)9(4)11-10/h5,7,9H,3,6H2,1-2,4H3/b10-5+. The highest BCUT2D eigenvalue weighted by Gasteiger charge is 2.22. The molecule has 0 N–H and O–H groups in total. The predicted octanol–water partition coefficient (Wildman–Crippen LogP) is 2.89. The average Bonchev–Trinajstić information content (AvgIpc) is 1.99. The van der Waals surface area contributed by atoms with Crippen molar-refractivity contribution in [2.45, 2.75) is 33.3 Å². The van der Waals surface area contributed by atoms with E-state index in [1.54, 1.807) is 0 Å². The lowest BCUT2D eigenvalue weighted by molar-refractivity contribution is 0.112. The Morgan fingerprint density at radius 1 is 1.55 bits per heavy atom. The van der Waals surface area contributed by atoms with Crippen LogP contribution >= 0.6 is 0 Å². The maximum Gasteiger partial charge on any atom is 0.116 e. The van der Waals surface area contributed by atoms with Crippen molar-refractivity contribution in [3.05, 3.63) is 24.0 Å². The molecule has 1 aliphatic heterocycles. The molecule has 2 atom stereocenters. The Morgan fingerprint density at radius 2 is 2.18 bits per heavy atom. The van der Waals surface area contributed by atoms with E-state index in [2.05, 4.69) is 20.4 Å². The summed E-state index contributed by atoms with van der Waals surface area (Å²) < 4.78 is 5.58. The largest absolute Gasteiger partial charge is 0.491 e. The molecule has 0 aliphatic carbocycles. The van der Waals surface area contributed by atoms with Gasteiger partial charge in [0.25, 0.3) is 0 Å². The van der Waals surface area contributed by atoms with Gasteiger partial charge < -0.3 is 4.74 Å². The highest BCUT2D eigenvalue weighted by atomic mass is 16.5. The Hall–Kier alpha value is -0.720. The van der Waals surface area contributed by atoms with Gasteiger partial charge in [0.05, 0.1) is 5.76 Å². The first-order valence-electron chi connectivity index (χ1n) is 4.15. The third-order valence-corrected chi connectivity index (χ3v) is 2.31. The molecule has 0 bridgehead atoms. The van der Waals surface area contributed by atoms with E-state index in [-0.39, 0.29) is 6.10 Å². The van der Waals surface area contributed by atoms with Gasteiger partial charge in [-0.05, 0) is 31.4 Å². The van der Waals surface area contributed by atoms with E-state index in [0.29, 0.717) is 5.92 Å². The van der Waals surface area contributed by atoms with Crippen molar-refractivity contribution in [1.29, 1.82) is 0 Å². The molecule has 1 heterocycles. The van der Waals surface area contributed by atoms with Crippen LogP contribution in [-0.2, 0) is 4.74 Å². The van der Waals surface area contributed by atoms with Crippen LogP contribution in [0.4, 0.5) is 0 Å². The molecule has 62 valence electrons. The van der Waals surface area contributed by atoms with Gasteiger partial charge in [0.2, 0.25) is 0 Å². The Labute approximate surface area is 68.8 Å². The lowest BCUT2D eigenvalue weighted by atomic mass is 9.91. The van der Waals surface area contributed by atoms with Gasteiger partial charge in [-0.1, -0.05) is 13.5 Å². The molecule has 0 aromatic rings. The summed E-state index contributed by atoms with van der Waals surface area (Å²) in [7, 11) is 0. The smallest absolute Gasteiger partial charge is 0.116 e. The summed E-state index contributed by atoms with van der Waals surface area (Å²) in [5.41, 5.74) is 1.22. The summed E-state index contributed by atoms with van der Waals surface area (Å²) in [6.07, 6.45) is 3.25. The van der Waals surface area contributed by atoms with Gasteiger partial charge in [0.1, 0.15) is 6.10 Å². The van der Waals surface area contributed by atoms with Crippen molar-refractivity contribution in [3.8, 4) is 0 Å². The monoisotopic (exact) mass is 152 g/mol.